The maximum absolute atomic E-state index is 10.6. The van der Waals surface area contributed by atoms with Crippen molar-refractivity contribution in [3.05, 3.63) is 18.5 Å². The largest absolute Gasteiger partial charge is 0.480 e. The number of thioether (sulfide) groups is 1. The first-order valence-corrected chi connectivity index (χ1v) is 5.37. The zero-order chi connectivity index (χ0) is 11.1. The first-order chi connectivity index (χ1) is 7.24. The second-order valence-corrected chi connectivity index (χ2v) is 3.72. The molecule has 0 bridgehead atoms. The fourth-order valence-corrected chi connectivity index (χ4v) is 1.83. The van der Waals surface area contributed by atoms with E-state index >= 15 is 0 Å². The van der Waals surface area contributed by atoms with Crippen LogP contribution in [0.25, 0.3) is 0 Å². The summed E-state index contributed by atoms with van der Waals surface area (Å²) < 4.78 is 1.69. The minimum atomic E-state index is -1.03. The summed E-state index contributed by atoms with van der Waals surface area (Å²) in [5.41, 5.74) is 0. The summed E-state index contributed by atoms with van der Waals surface area (Å²) in [6, 6.07) is 0.946. The average molecular weight is 229 g/mol. The molecule has 15 heavy (non-hydrogen) atoms. The van der Waals surface area contributed by atoms with Gasteiger partial charge in [-0.25, -0.2) is 4.79 Å². The van der Waals surface area contributed by atoms with Crippen molar-refractivity contribution in [3.8, 4) is 0 Å². The molecule has 1 aromatic rings. The predicted molar refractivity (Wildman–Crippen MR) is 55.3 cm³/mol. The van der Waals surface area contributed by atoms with Gasteiger partial charge in [-0.1, -0.05) is 0 Å². The molecule has 0 aliphatic rings. The number of carboxylic acids is 1. The summed E-state index contributed by atoms with van der Waals surface area (Å²) in [7, 11) is 0. The Morgan fingerprint density at radius 3 is 3.07 bits per heavy atom. The fraction of sp³-hybridized carbons (Fsp3) is 0.375. The van der Waals surface area contributed by atoms with E-state index < -0.39 is 12.0 Å². The van der Waals surface area contributed by atoms with Crippen LogP contribution in [0.1, 0.15) is 0 Å². The average Bonchev–Trinajstić information content (AvgIpc) is 2.69. The molecule has 0 radical (unpaired) electrons. The molecule has 1 aromatic heterocycles. The van der Waals surface area contributed by atoms with Crippen molar-refractivity contribution in [3.63, 3.8) is 0 Å². The van der Waals surface area contributed by atoms with Crippen LogP contribution in [0.4, 0.5) is 0 Å². The summed E-state index contributed by atoms with van der Waals surface area (Å²) in [5.74, 6) is -0.152. The highest BCUT2D eigenvalue weighted by atomic mass is 32.2. The van der Waals surface area contributed by atoms with E-state index in [0.29, 0.717) is 18.0 Å². The normalized spacial score (nSPS) is 12.0. The molecule has 6 nitrogen and oxygen atoms in total. The summed E-state index contributed by atoms with van der Waals surface area (Å²) in [6.45, 7) is 0. The zero-order valence-electron chi connectivity index (χ0n) is 7.87. The van der Waals surface area contributed by atoms with Crippen molar-refractivity contribution >= 4 is 24.1 Å². The van der Waals surface area contributed by atoms with Crippen molar-refractivity contribution in [1.29, 1.82) is 0 Å². The minimum absolute atomic E-state index is 0.313. The summed E-state index contributed by atoms with van der Waals surface area (Å²) in [4.78, 5) is 20.7. The van der Waals surface area contributed by atoms with Gasteiger partial charge in [0.25, 0.3) is 0 Å². The number of rotatable bonds is 7. The molecule has 82 valence electrons. The number of hydrogen-bond acceptors (Lipinski definition) is 4. The smallest absolute Gasteiger partial charge is 0.327 e. The number of nitrogens with one attached hydrogen (secondary N) is 1. The molecule has 0 saturated carbocycles. The number of carboxylic acid groups (broad SMARTS) is 1. The molecule has 1 atom stereocenters. The van der Waals surface area contributed by atoms with Crippen LogP contribution in [0.5, 0.6) is 0 Å². The van der Waals surface area contributed by atoms with Crippen LogP contribution < -0.4 is 5.32 Å². The summed E-state index contributed by atoms with van der Waals surface area (Å²) in [5, 5.41) is 14.9. The first-order valence-electron chi connectivity index (χ1n) is 4.21. The van der Waals surface area contributed by atoms with Crippen LogP contribution in [0.2, 0.25) is 0 Å². The van der Waals surface area contributed by atoms with E-state index in [9.17, 15) is 9.59 Å². The minimum Gasteiger partial charge on any atom is -0.480 e. The standard InChI is InChI=1S/C8H11N3O3S/c12-5-9-7(8(13)14)4-15-6-11-3-1-2-10-11/h1-3,5,7H,4,6H2,(H,9,12)(H,13,14). The van der Waals surface area contributed by atoms with Crippen molar-refractivity contribution in [2.75, 3.05) is 5.75 Å². The Hall–Kier alpha value is -1.50. The van der Waals surface area contributed by atoms with Gasteiger partial charge in [-0.2, -0.15) is 5.10 Å². The monoisotopic (exact) mass is 229 g/mol. The molecule has 0 saturated heterocycles. The van der Waals surface area contributed by atoms with Crippen LogP contribution in [0.15, 0.2) is 18.5 Å². The van der Waals surface area contributed by atoms with Gasteiger partial charge in [0.2, 0.25) is 6.41 Å². The Bertz CT molecular complexity index is 315. The molecule has 1 rings (SSSR count). The second-order valence-electron chi connectivity index (χ2n) is 2.72. The lowest BCUT2D eigenvalue weighted by Gasteiger charge is -2.10. The summed E-state index contributed by atoms with van der Waals surface area (Å²) in [6.07, 6.45) is 3.84. The molecule has 0 aromatic carbocycles. The van der Waals surface area contributed by atoms with E-state index in [1.807, 2.05) is 0 Å². The number of carbonyl (C=O) groups is 2. The van der Waals surface area contributed by atoms with Crippen molar-refractivity contribution in [2.45, 2.75) is 11.9 Å². The van der Waals surface area contributed by atoms with Crippen LogP contribution in [0, 0.1) is 0 Å². The molecular weight excluding hydrogens is 218 g/mol. The Labute approximate surface area is 90.7 Å². The van der Waals surface area contributed by atoms with Crippen molar-refractivity contribution in [1.82, 2.24) is 15.1 Å². The van der Waals surface area contributed by atoms with Gasteiger partial charge in [-0.05, 0) is 6.07 Å². The molecule has 1 heterocycles. The number of aliphatic carboxylic acids is 1. The van der Waals surface area contributed by atoms with Gasteiger partial charge in [0.1, 0.15) is 6.04 Å². The number of aromatic nitrogens is 2. The highest BCUT2D eigenvalue weighted by molar-refractivity contribution is 7.98. The zero-order valence-corrected chi connectivity index (χ0v) is 8.68. The summed E-state index contributed by atoms with van der Waals surface area (Å²) >= 11 is 1.39. The second kappa shape index (κ2) is 6.07. The Morgan fingerprint density at radius 1 is 1.73 bits per heavy atom. The van der Waals surface area contributed by atoms with Gasteiger partial charge in [-0.15, -0.1) is 11.8 Å². The van der Waals surface area contributed by atoms with Gasteiger partial charge in [0.15, 0.2) is 0 Å². The van der Waals surface area contributed by atoms with E-state index in [-0.39, 0.29) is 0 Å². The van der Waals surface area contributed by atoms with Gasteiger partial charge in [0, 0.05) is 18.1 Å². The fourth-order valence-electron chi connectivity index (χ4n) is 0.914. The lowest BCUT2D eigenvalue weighted by atomic mass is 10.3. The Balaban J connectivity index is 2.28. The topological polar surface area (TPSA) is 84.2 Å². The van der Waals surface area contributed by atoms with Crippen LogP contribution in [0.3, 0.4) is 0 Å². The SMILES string of the molecule is O=CNC(CSCn1cccn1)C(=O)O. The van der Waals surface area contributed by atoms with E-state index in [1.54, 1.807) is 23.1 Å². The maximum atomic E-state index is 10.6. The highest BCUT2D eigenvalue weighted by Gasteiger charge is 2.15. The Morgan fingerprint density at radius 2 is 2.53 bits per heavy atom. The van der Waals surface area contributed by atoms with Crippen LogP contribution in [-0.2, 0) is 15.5 Å². The molecule has 2 N–H and O–H groups in total. The van der Waals surface area contributed by atoms with E-state index in [0.717, 1.165) is 0 Å². The molecule has 0 aliphatic heterocycles. The number of nitrogens with zero attached hydrogens (tertiary/aromatic N) is 2. The maximum Gasteiger partial charge on any atom is 0.327 e. The number of amides is 1. The third-order valence-corrected chi connectivity index (χ3v) is 2.65. The van der Waals surface area contributed by atoms with Crippen molar-refractivity contribution in [2.24, 2.45) is 0 Å². The predicted octanol–water partition coefficient (Wildman–Crippen LogP) is -0.227. The van der Waals surface area contributed by atoms with E-state index in [4.69, 9.17) is 5.11 Å². The highest BCUT2D eigenvalue weighted by Crippen LogP contribution is 2.06. The third-order valence-electron chi connectivity index (χ3n) is 1.63. The molecule has 0 spiro atoms. The Kier molecular flexibility index (Phi) is 4.69. The number of carbonyl (C=O) groups excluding carboxylic acids is 1. The van der Waals surface area contributed by atoms with Crippen LogP contribution >= 0.6 is 11.8 Å². The molecule has 1 amide bonds. The molecule has 7 heteroatoms. The van der Waals surface area contributed by atoms with E-state index in [1.165, 1.54) is 11.8 Å². The van der Waals surface area contributed by atoms with E-state index in [2.05, 4.69) is 10.4 Å². The van der Waals surface area contributed by atoms with Gasteiger partial charge < -0.3 is 10.4 Å². The first kappa shape index (κ1) is 11.6. The number of hydrogen-bond donors (Lipinski definition) is 2. The van der Waals surface area contributed by atoms with Crippen LogP contribution in [-0.4, -0.2) is 39.1 Å². The molecular formula is C8H11N3O3S. The molecule has 0 aliphatic carbocycles. The molecule has 0 fully saturated rings. The lowest BCUT2D eigenvalue weighted by molar-refractivity contribution is -0.139. The molecule has 1 unspecified atom stereocenters. The third kappa shape index (κ3) is 4.03. The van der Waals surface area contributed by atoms with Gasteiger partial charge in [-0.3, -0.25) is 9.48 Å². The van der Waals surface area contributed by atoms with Gasteiger partial charge in [0.05, 0.1) is 5.88 Å². The van der Waals surface area contributed by atoms with Gasteiger partial charge >= 0.3 is 5.97 Å². The van der Waals surface area contributed by atoms with Crippen molar-refractivity contribution < 1.29 is 14.7 Å². The lowest BCUT2D eigenvalue weighted by Crippen LogP contribution is -2.37. The quantitative estimate of drug-likeness (QED) is 0.631.